The molecule has 1 aliphatic heterocycles. The molecule has 2 N–H and O–H groups in total. The van der Waals surface area contributed by atoms with Gasteiger partial charge in [0.15, 0.2) is 5.96 Å². The Bertz CT molecular complexity index is 507. The molecule has 0 bridgehead atoms. The van der Waals surface area contributed by atoms with Gasteiger partial charge >= 0.3 is 0 Å². The normalized spacial score (nSPS) is 18.0. The molecule has 0 radical (unpaired) electrons. The Hall–Kier alpha value is -0.890. The molecule has 0 aliphatic carbocycles. The van der Waals surface area contributed by atoms with Gasteiger partial charge in [-0.05, 0) is 62.9 Å². The Kier molecular flexibility index (Phi) is 11.0. The SMILES string of the molecule is CCCN1CCC(CN=C(NCC)NCCc2ccc(F)cc2)C1.I. The smallest absolute Gasteiger partial charge is 0.191 e. The van der Waals surface area contributed by atoms with E-state index in [1.807, 2.05) is 12.1 Å². The second kappa shape index (κ2) is 12.5. The van der Waals surface area contributed by atoms with Crippen LogP contribution in [0.25, 0.3) is 0 Å². The number of halogens is 2. The largest absolute Gasteiger partial charge is 0.357 e. The Morgan fingerprint density at radius 3 is 2.68 bits per heavy atom. The molecule has 25 heavy (non-hydrogen) atoms. The zero-order chi connectivity index (χ0) is 17.2. The predicted molar refractivity (Wildman–Crippen MR) is 114 cm³/mol. The number of aliphatic imine (C=N–C) groups is 1. The number of nitrogens with one attached hydrogen (secondary N) is 2. The highest BCUT2D eigenvalue weighted by Gasteiger charge is 2.21. The van der Waals surface area contributed by atoms with E-state index in [2.05, 4.69) is 29.4 Å². The molecule has 2 rings (SSSR count). The number of nitrogens with zero attached hydrogens (tertiary/aromatic N) is 2. The molecule has 1 aromatic rings. The average molecular weight is 462 g/mol. The maximum absolute atomic E-state index is 12.9. The number of rotatable bonds is 8. The molecular formula is C19H32FIN4. The zero-order valence-electron chi connectivity index (χ0n) is 15.4. The minimum absolute atomic E-state index is 0. The molecule has 0 saturated carbocycles. The Labute approximate surface area is 168 Å². The third kappa shape index (κ3) is 8.35. The number of guanidine groups is 1. The number of hydrogen-bond donors (Lipinski definition) is 2. The van der Waals surface area contributed by atoms with Crippen LogP contribution in [0.1, 0.15) is 32.3 Å². The van der Waals surface area contributed by atoms with Crippen LogP contribution in [0.5, 0.6) is 0 Å². The summed E-state index contributed by atoms with van der Waals surface area (Å²) in [6, 6.07) is 6.69. The van der Waals surface area contributed by atoms with Crippen LogP contribution in [0.3, 0.4) is 0 Å². The average Bonchev–Trinajstić information content (AvgIpc) is 3.02. The van der Waals surface area contributed by atoms with Crippen LogP contribution in [-0.2, 0) is 6.42 Å². The van der Waals surface area contributed by atoms with E-state index in [0.717, 1.165) is 37.6 Å². The van der Waals surface area contributed by atoms with Gasteiger partial charge in [-0.25, -0.2) is 4.39 Å². The standard InChI is InChI=1S/C19H31FN4.HI/c1-3-12-24-13-10-17(15-24)14-23-19(21-4-2)22-11-9-16-5-7-18(20)8-6-16;/h5-8,17H,3-4,9-15H2,1-2H3,(H2,21,22,23);1H. The number of likely N-dealkylation sites (tertiary alicyclic amines) is 1. The summed E-state index contributed by atoms with van der Waals surface area (Å²) in [4.78, 5) is 7.28. The van der Waals surface area contributed by atoms with Crippen molar-refractivity contribution in [1.82, 2.24) is 15.5 Å². The van der Waals surface area contributed by atoms with E-state index >= 15 is 0 Å². The van der Waals surface area contributed by atoms with Crippen molar-refractivity contribution < 1.29 is 4.39 Å². The Morgan fingerprint density at radius 2 is 2.00 bits per heavy atom. The van der Waals surface area contributed by atoms with Gasteiger partial charge in [0.1, 0.15) is 5.82 Å². The van der Waals surface area contributed by atoms with E-state index in [9.17, 15) is 4.39 Å². The molecule has 0 aromatic heterocycles. The lowest BCUT2D eigenvalue weighted by molar-refractivity contribution is 0.326. The Morgan fingerprint density at radius 1 is 1.24 bits per heavy atom. The molecular weight excluding hydrogens is 430 g/mol. The van der Waals surface area contributed by atoms with E-state index in [-0.39, 0.29) is 29.8 Å². The minimum Gasteiger partial charge on any atom is -0.357 e. The number of benzene rings is 1. The summed E-state index contributed by atoms with van der Waals surface area (Å²) in [5.74, 6) is 1.37. The lowest BCUT2D eigenvalue weighted by Crippen LogP contribution is -2.38. The van der Waals surface area contributed by atoms with Crippen molar-refractivity contribution in [3.05, 3.63) is 35.6 Å². The summed E-state index contributed by atoms with van der Waals surface area (Å²) in [5.41, 5.74) is 1.13. The lowest BCUT2D eigenvalue weighted by Gasteiger charge is -2.15. The van der Waals surface area contributed by atoms with E-state index in [0.29, 0.717) is 5.92 Å². The third-order valence-corrected chi connectivity index (χ3v) is 4.38. The first-order chi connectivity index (χ1) is 11.7. The molecule has 142 valence electrons. The van der Waals surface area contributed by atoms with Crippen molar-refractivity contribution in [2.45, 2.75) is 33.1 Å². The second-order valence-corrected chi connectivity index (χ2v) is 6.48. The van der Waals surface area contributed by atoms with E-state index in [1.54, 1.807) is 0 Å². The van der Waals surface area contributed by atoms with Gasteiger partial charge in [-0.15, -0.1) is 24.0 Å². The molecule has 0 spiro atoms. The summed E-state index contributed by atoms with van der Waals surface area (Å²) >= 11 is 0. The van der Waals surface area contributed by atoms with Crippen molar-refractivity contribution in [3.63, 3.8) is 0 Å². The maximum atomic E-state index is 12.9. The molecule has 1 aromatic carbocycles. The number of hydrogen-bond acceptors (Lipinski definition) is 2. The minimum atomic E-state index is -0.185. The fourth-order valence-electron chi connectivity index (χ4n) is 3.12. The van der Waals surface area contributed by atoms with Crippen molar-refractivity contribution in [2.75, 3.05) is 39.3 Å². The summed E-state index contributed by atoms with van der Waals surface area (Å²) < 4.78 is 12.9. The second-order valence-electron chi connectivity index (χ2n) is 6.48. The van der Waals surface area contributed by atoms with E-state index < -0.39 is 0 Å². The molecule has 0 amide bonds. The molecule has 1 saturated heterocycles. The van der Waals surface area contributed by atoms with Crippen molar-refractivity contribution in [3.8, 4) is 0 Å². The van der Waals surface area contributed by atoms with Crippen LogP contribution < -0.4 is 10.6 Å². The highest BCUT2D eigenvalue weighted by atomic mass is 127. The van der Waals surface area contributed by atoms with Crippen molar-refractivity contribution in [2.24, 2.45) is 10.9 Å². The lowest BCUT2D eigenvalue weighted by atomic mass is 10.1. The zero-order valence-corrected chi connectivity index (χ0v) is 17.8. The van der Waals surface area contributed by atoms with Crippen LogP contribution in [0.15, 0.2) is 29.3 Å². The first-order valence-electron chi connectivity index (χ1n) is 9.20. The van der Waals surface area contributed by atoms with Gasteiger partial charge in [0.25, 0.3) is 0 Å². The molecule has 4 nitrogen and oxygen atoms in total. The van der Waals surface area contributed by atoms with Crippen LogP contribution in [0.4, 0.5) is 4.39 Å². The predicted octanol–water partition coefficient (Wildman–Crippen LogP) is 3.27. The molecule has 6 heteroatoms. The summed E-state index contributed by atoms with van der Waals surface area (Å²) in [6.07, 6.45) is 3.33. The highest BCUT2D eigenvalue weighted by molar-refractivity contribution is 14.0. The van der Waals surface area contributed by atoms with Gasteiger partial charge in [-0.1, -0.05) is 19.1 Å². The van der Waals surface area contributed by atoms with Gasteiger partial charge in [-0.3, -0.25) is 4.99 Å². The van der Waals surface area contributed by atoms with Crippen LogP contribution >= 0.6 is 24.0 Å². The van der Waals surface area contributed by atoms with Crippen molar-refractivity contribution >= 4 is 29.9 Å². The summed E-state index contributed by atoms with van der Waals surface area (Å²) in [5, 5.41) is 6.68. The first kappa shape index (κ1) is 22.2. The third-order valence-electron chi connectivity index (χ3n) is 4.38. The highest BCUT2D eigenvalue weighted by Crippen LogP contribution is 2.16. The van der Waals surface area contributed by atoms with Crippen LogP contribution in [0, 0.1) is 11.7 Å². The fraction of sp³-hybridized carbons (Fsp3) is 0.632. The summed E-state index contributed by atoms with van der Waals surface area (Å²) in [6.45, 7) is 10.4. The molecule has 1 fully saturated rings. The quantitative estimate of drug-likeness (QED) is 0.354. The first-order valence-corrected chi connectivity index (χ1v) is 9.20. The van der Waals surface area contributed by atoms with Gasteiger partial charge in [-0.2, -0.15) is 0 Å². The van der Waals surface area contributed by atoms with Crippen LogP contribution in [-0.4, -0.2) is 50.1 Å². The monoisotopic (exact) mass is 462 g/mol. The van der Waals surface area contributed by atoms with Crippen molar-refractivity contribution in [1.29, 1.82) is 0 Å². The molecule has 1 atom stereocenters. The fourth-order valence-corrected chi connectivity index (χ4v) is 3.12. The Balaban J connectivity index is 0.00000312. The topological polar surface area (TPSA) is 39.7 Å². The molecule has 1 unspecified atom stereocenters. The molecule has 1 heterocycles. The van der Waals surface area contributed by atoms with Gasteiger partial charge in [0.2, 0.25) is 0 Å². The van der Waals surface area contributed by atoms with Crippen LogP contribution in [0.2, 0.25) is 0 Å². The summed E-state index contributed by atoms with van der Waals surface area (Å²) in [7, 11) is 0. The maximum Gasteiger partial charge on any atom is 0.191 e. The van der Waals surface area contributed by atoms with Gasteiger partial charge in [0, 0.05) is 26.2 Å². The molecule has 1 aliphatic rings. The van der Waals surface area contributed by atoms with E-state index in [1.165, 1.54) is 44.6 Å². The van der Waals surface area contributed by atoms with Gasteiger partial charge in [0.05, 0.1) is 0 Å². The van der Waals surface area contributed by atoms with Gasteiger partial charge < -0.3 is 15.5 Å². The van der Waals surface area contributed by atoms with E-state index in [4.69, 9.17) is 4.99 Å².